The van der Waals surface area contributed by atoms with Gasteiger partial charge in [-0.15, -0.1) is 0 Å². The van der Waals surface area contributed by atoms with E-state index in [0.29, 0.717) is 29.3 Å². The molecule has 0 fully saturated rings. The van der Waals surface area contributed by atoms with Crippen molar-refractivity contribution in [2.75, 3.05) is 13.2 Å². The molecular weight excluding hydrogens is 443 g/mol. The molecule has 1 N–H and O–H groups in total. The van der Waals surface area contributed by atoms with E-state index in [-0.39, 0.29) is 30.8 Å². The molecule has 5 nitrogen and oxygen atoms in total. The number of ether oxygens (including phenoxy) is 1. The second-order valence-corrected chi connectivity index (χ2v) is 7.98. The Kier molecular flexibility index (Phi) is 8.84. The Hall–Kier alpha value is -3.38. The molecule has 2 amide bonds. The number of nitrogens with one attached hydrogen (secondary N) is 1. The number of hydrogen-bond acceptors (Lipinski definition) is 3. The lowest BCUT2D eigenvalue weighted by Gasteiger charge is -2.29. The second-order valence-electron chi connectivity index (χ2n) is 7.57. The number of benzene rings is 3. The normalized spacial score (nSPS) is 11.5. The van der Waals surface area contributed by atoms with E-state index in [1.165, 1.54) is 17.0 Å². The summed E-state index contributed by atoms with van der Waals surface area (Å²) < 4.78 is 18.9. The summed E-state index contributed by atoms with van der Waals surface area (Å²) in [6.45, 7) is 1.96. The van der Waals surface area contributed by atoms with Gasteiger partial charge in [0.05, 0.1) is 5.02 Å². The van der Waals surface area contributed by atoms with Gasteiger partial charge in [-0.25, -0.2) is 4.39 Å². The predicted molar refractivity (Wildman–Crippen MR) is 127 cm³/mol. The van der Waals surface area contributed by atoms with E-state index in [4.69, 9.17) is 16.3 Å². The summed E-state index contributed by atoms with van der Waals surface area (Å²) in [7, 11) is 0. The fraction of sp³-hybridized carbons (Fsp3) is 0.231. The van der Waals surface area contributed by atoms with Crippen molar-refractivity contribution < 1.29 is 18.7 Å². The quantitative estimate of drug-likeness (QED) is 0.472. The van der Waals surface area contributed by atoms with Crippen LogP contribution in [0.5, 0.6) is 5.75 Å². The van der Waals surface area contributed by atoms with E-state index < -0.39 is 6.04 Å². The third-order valence-electron chi connectivity index (χ3n) is 5.18. The highest BCUT2D eigenvalue weighted by Crippen LogP contribution is 2.23. The zero-order valence-electron chi connectivity index (χ0n) is 18.3. The minimum absolute atomic E-state index is 0.137. The number of halogens is 2. The van der Waals surface area contributed by atoms with Gasteiger partial charge in [-0.3, -0.25) is 9.59 Å². The summed E-state index contributed by atoms with van der Waals surface area (Å²) in [6.07, 6.45) is 0.681. The standard InChI is InChI=1S/C26H26ClFN2O3/c1-19(26(32)29-16-15-20-7-3-2-4-8-20)30(17-21-11-13-22(28)14-12-21)25(31)18-33-24-10-6-5-9-23(24)27/h2-14,19H,15-18H2,1H3,(H,29,32)/t19-/m0/s1. The molecule has 0 aliphatic heterocycles. The maximum Gasteiger partial charge on any atom is 0.261 e. The zero-order chi connectivity index (χ0) is 23.6. The summed E-state index contributed by atoms with van der Waals surface area (Å²) >= 11 is 6.10. The van der Waals surface area contributed by atoms with Gasteiger partial charge in [0.25, 0.3) is 5.91 Å². The number of carbonyl (C=O) groups is 2. The van der Waals surface area contributed by atoms with Gasteiger partial charge in [-0.2, -0.15) is 0 Å². The van der Waals surface area contributed by atoms with Crippen LogP contribution in [0.2, 0.25) is 5.02 Å². The molecule has 1 atom stereocenters. The summed E-state index contributed by atoms with van der Waals surface area (Å²) in [5.74, 6) is -0.649. The molecule has 0 saturated carbocycles. The highest BCUT2D eigenvalue weighted by Gasteiger charge is 2.26. The molecule has 0 heterocycles. The monoisotopic (exact) mass is 468 g/mol. The summed E-state index contributed by atoms with van der Waals surface area (Å²) in [6, 6.07) is 21.7. The third-order valence-corrected chi connectivity index (χ3v) is 5.49. The van der Waals surface area contributed by atoms with E-state index in [1.54, 1.807) is 43.3 Å². The number of para-hydroxylation sites is 1. The van der Waals surface area contributed by atoms with E-state index in [9.17, 15) is 14.0 Å². The van der Waals surface area contributed by atoms with Crippen LogP contribution in [-0.2, 0) is 22.6 Å². The van der Waals surface area contributed by atoms with Gasteiger partial charge in [0, 0.05) is 13.1 Å². The first kappa shape index (κ1) is 24.3. The molecule has 3 aromatic carbocycles. The van der Waals surface area contributed by atoms with Crippen LogP contribution in [-0.4, -0.2) is 35.9 Å². The van der Waals surface area contributed by atoms with E-state index >= 15 is 0 Å². The van der Waals surface area contributed by atoms with Crippen molar-refractivity contribution >= 4 is 23.4 Å². The number of amides is 2. The number of carbonyl (C=O) groups excluding carboxylic acids is 2. The predicted octanol–water partition coefficient (Wildman–Crippen LogP) is 4.63. The van der Waals surface area contributed by atoms with Crippen molar-refractivity contribution in [1.29, 1.82) is 0 Å². The Balaban J connectivity index is 1.66. The van der Waals surface area contributed by atoms with Crippen LogP contribution in [0, 0.1) is 5.82 Å². The highest BCUT2D eigenvalue weighted by atomic mass is 35.5. The minimum Gasteiger partial charge on any atom is -0.482 e. The van der Waals surface area contributed by atoms with Crippen LogP contribution < -0.4 is 10.1 Å². The van der Waals surface area contributed by atoms with Crippen LogP contribution in [0.1, 0.15) is 18.1 Å². The second kappa shape index (κ2) is 12.0. The van der Waals surface area contributed by atoms with Crippen LogP contribution in [0.4, 0.5) is 4.39 Å². The van der Waals surface area contributed by atoms with Crippen molar-refractivity contribution in [3.63, 3.8) is 0 Å². The smallest absolute Gasteiger partial charge is 0.261 e. The van der Waals surface area contributed by atoms with Crippen LogP contribution in [0.15, 0.2) is 78.9 Å². The lowest BCUT2D eigenvalue weighted by Crippen LogP contribution is -2.49. The summed E-state index contributed by atoms with van der Waals surface area (Å²) in [5, 5.41) is 3.28. The van der Waals surface area contributed by atoms with E-state index in [0.717, 1.165) is 5.56 Å². The molecule has 0 unspecified atom stereocenters. The van der Waals surface area contributed by atoms with E-state index in [1.807, 2.05) is 30.3 Å². The Morgan fingerprint density at radius 2 is 1.64 bits per heavy atom. The van der Waals surface area contributed by atoms with Crippen LogP contribution in [0.25, 0.3) is 0 Å². The molecule has 0 spiro atoms. The molecule has 3 aromatic rings. The molecule has 0 radical (unpaired) electrons. The first-order valence-electron chi connectivity index (χ1n) is 10.7. The zero-order valence-corrected chi connectivity index (χ0v) is 19.1. The van der Waals surface area contributed by atoms with Crippen molar-refractivity contribution in [2.45, 2.75) is 25.9 Å². The first-order chi connectivity index (χ1) is 15.9. The Morgan fingerprint density at radius 3 is 2.33 bits per heavy atom. The molecule has 0 aliphatic carbocycles. The lowest BCUT2D eigenvalue weighted by atomic mass is 10.1. The molecule has 7 heteroatoms. The molecule has 0 saturated heterocycles. The van der Waals surface area contributed by atoms with Crippen molar-refractivity contribution in [3.05, 3.63) is 101 Å². The van der Waals surface area contributed by atoms with Crippen molar-refractivity contribution in [3.8, 4) is 5.75 Å². The van der Waals surface area contributed by atoms with Crippen LogP contribution >= 0.6 is 11.6 Å². The largest absolute Gasteiger partial charge is 0.482 e. The Labute approximate surface area is 198 Å². The van der Waals surface area contributed by atoms with Crippen molar-refractivity contribution in [2.24, 2.45) is 0 Å². The van der Waals surface area contributed by atoms with Crippen LogP contribution in [0.3, 0.4) is 0 Å². The van der Waals surface area contributed by atoms with Gasteiger partial charge in [-0.05, 0) is 48.7 Å². The summed E-state index contributed by atoms with van der Waals surface area (Å²) in [4.78, 5) is 27.3. The number of rotatable bonds is 10. The number of nitrogens with zero attached hydrogens (tertiary/aromatic N) is 1. The highest BCUT2D eigenvalue weighted by molar-refractivity contribution is 6.32. The fourth-order valence-electron chi connectivity index (χ4n) is 3.28. The SMILES string of the molecule is C[C@@H](C(=O)NCCc1ccccc1)N(Cc1ccc(F)cc1)C(=O)COc1ccccc1Cl. The Morgan fingerprint density at radius 1 is 0.970 bits per heavy atom. The van der Waals surface area contributed by atoms with Gasteiger partial charge < -0.3 is 15.0 Å². The molecule has 3 rings (SSSR count). The summed E-state index contributed by atoms with van der Waals surface area (Å²) in [5.41, 5.74) is 1.81. The van der Waals surface area contributed by atoms with E-state index in [2.05, 4.69) is 5.32 Å². The first-order valence-corrected chi connectivity index (χ1v) is 11.0. The third kappa shape index (κ3) is 7.32. The lowest BCUT2D eigenvalue weighted by molar-refractivity contribution is -0.142. The maximum absolute atomic E-state index is 13.3. The molecular formula is C26H26ClFN2O3. The van der Waals surface area contributed by atoms with Gasteiger partial charge in [0.2, 0.25) is 5.91 Å². The van der Waals surface area contributed by atoms with Gasteiger partial charge in [-0.1, -0.05) is 66.2 Å². The Bertz CT molecular complexity index is 1060. The fourth-order valence-corrected chi connectivity index (χ4v) is 3.47. The topological polar surface area (TPSA) is 58.6 Å². The average molecular weight is 469 g/mol. The van der Waals surface area contributed by atoms with Gasteiger partial charge in [0.15, 0.2) is 6.61 Å². The number of hydrogen-bond donors (Lipinski definition) is 1. The van der Waals surface area contributed by atoms with Gasteiger partial charge in [0.1, 0.15) is 17.6 Å². The van der Waals surface area contributed by atoms with Gasteiger partial charge >= 0.3 is 0 Å². The molecule has 0 aliphatic rings. The molecule has 33 heavy (non-hydrogen) atoms. The maximum atomic E-state index is 13.3. The molecule has 0 aromatic heterocycles. The average Bonchev–Trinajstić information content (AvgIpc) is 2.83. The molecule has 172 valence electrons. The van der Waals surface area contributed by atoms with Crippen molar-refractivity contribution in [1.82, 2.24) is 10.2 Å². The minimum atomic E-state index is -0.756. The molecule has 0 bridgehead atoms.